The number of nitrogens with two attached hydrogens (primary N) is 1. The topological polar surface area (TPSA) is 54.6 Å². The second kappa shape index (κ2) is 5.44. The lowest BCUT2D eigenvalue weighted by molar-refractivity contribution is 0.213. The zero-order chi connectivity index (χ0) is 13.1. The molecule has 2 rings (SSSR count). The minimum Gasteiger partial charge on any atom is -0.481 e. The Morgan fingerprint density at radius 3 is 2.89 bits per heavy atom. The Bertz CT molecular complexity index is 410. The first-order chi connectivity index (χ1) is 8.65. The Balaban J connectivity index is 2.20. The molecule has 0 saturated carbocycles. The van der Waals surface area contributed by atoms with E-state index in [4.69, 9.17) is 10.5 Å². The van der Waals surface area contributed by atoms with Crippen molar-refractivity contribution in [1.29, 1.82) is 0 Å². The number of hydrogen-bond acceptors (Lipinski definition) is 5. The van der Waals surface area contributed by atoms with Crippen LogP contribution in [0, 0.1) is 0 Å². The van der Waals surface area contributed by atoms with Gasteiger partial charge in [-0.3, -0.25) is 4.90 Å². The number of aromatic nitrogens is 1. The molecule has 1 atom stereocenters. The maximum Gasteiger partial charge on any atom is 0.215 e. The van der Waals surface area contributed by atoms with Crippen molar-refractivity contribution in [3.05, 3.63) is 12.1 Å². The summed E-state index contributed by atoms with van der Waals surface area (Å²) >= 11 is 0. The summed E-state index contributed by atoms with van der Waals surface area (Å²) in [7, 11) is 3.80. The molecule has 5 heteroatoms. The van der Waals surface area contributed by atoms with Crippen LogP contribution in [0.2, 0.25) is 0 Å². The Hall–Kier alpha value is -1.49. The van der Waals surface area contributed by atoms with Crippen molar-refractivity contribution >= 4 is 11.5 Å². The van der Waals surface area contributed by atoms with E-state index < -0.39 is 0 Å². The van der Waals surface area contributed by atoms with Crippen LogP contribution in [0.15, 0.2) is 12.1 Å². The molecule has 0 aliphatic carbocycles. The standard InChI is InChI=1S/C13H22N4O/c1-4-10-9-17(8-7-16(10)2)13-11(14)5-6-12(15-13)18-3/h5-6,10H,4,7-9,14H2,1-3H3. The number of nitrogens with zero attached hydrogens (tertiary/aromatic N) is 3. The minimum atomic E-state index is 0.561. The molecule has 1 unspecified atom stereocenters. The van der Waals surface area contributed by atoms with Crippen molar-refractivity contribution in [3.63, 3.8) is 0 Å². The van der Waals surface area contributed by atoms with E-state index >= 15 is 0 Å². The predicted molar refractivity (Wildman–Crippen MR) is 74.1 cm³/mol. The molecular formula is C13H22N4O. The molecule has 0 radical (unpaired) electrons. The SMILES string of the molecule is CCC1CN(c2nc(OC)ccc2N)CCN1C. The largest absolute Gasteiger partial charge is 0.481 e. The normalized spacial score (nSPS) is 21.1. The van der Waals surface area contributed by atoms with Gasteiger partial charge in [-0.05, 0) is 19.5 Å². The summed E-state index contributed by atoms with van der Waals surface area (Å²) in [4.78, 5) is 9.12. The van der Waals surface area contributed by atoms with Crippen molar-refractivity contribution in [2.75, 3.05) is 44.4 Å². The predicted octanol–water partition coefficient (Wildman–Crippen LogP) is 1.20. The van der Waals surface area contributed by atoms with E-state index in [9.17, 15) is 0 Å². The highest BCUT2D eigenvalue weighted by Gasteiger charge is 2.25. The van der Waals surface area contributed by atoms with Crippen LogP contribution < -0.4 is 15.4 Å². The van der Waals surface area contributed by atoms with Gasteiger partial charge in [0.05, 0.1) is 12.8 Å². The second-order valence-corrected chi connectivity index (χ2v) is 4.76. The summed E-state index contributed by atoms with van der Waals surface area (Å²) < 4.78 is 5.17. The zero-order valence-electron chi connectivity index (χ0n) is 11.4. The maximum atomic E-state index is 6.02. The lowest BCUT2D eigenvalue weighted by atomic mass is 10.1. The van der Waals surface area contributed by atoms with E-state index in [-0.39, 0.29) is 0 Å². The number of piperazine rings is 1. The Morgan fingerprint density at radius 2 is 2.22 bits per heavy atom. The molecule has 18 heavy (non-hydrogen) atoms. The highest BCUT2D eigenvalue weighted by atomic mass is 16.5. The number of rotatable bonds is 3. The number of nitrogen functional groups attached to an aromatic ring is 1. The van der Waals surface area contributed by atoms with E-state index in [1.165, 1.54) is 0 Å². The summed E-state index contributed by atoms with van der Waals surface area (Å²) in [5.74, 6) is 1.46. The van der Waals surface area contributed by atoms with Gasteiger partial charge in [0.2, 0.25) is 5.88 Å². The molecule has 0 amide bonds. The first kappa shape index (κ1) is 13.0. The number of likely N-dealkylation sites (N-methyl/N-ethyl adjacent to an activating group) is 1. The maximum absolute atomic E-state index is 6.02. The fourth-order valence-corrected chi connectivity index (χ4v) is 2.39. The fourth-order valence-electron chi connectivity index (χ4n) is 2.39. The Morgan fingerprint density at radius 1 is 1.44 bits per heavy atom. The summed E-state index contributed by atoms with van der Waals surface area (Å²) in [6.07, 6.45) is 1.14. The molecule has 1 saturated heterocycles. The van der Waals surface area contributed by atoms with Crippen molar-refractivity contribution in [1.82, 2.24) is 9.88 Å². The molecule has 1 aliphatic rings. The molecule has 0 aromatic carbocycles. The van der Waals surface area contributed by atoms with Crippen LogP contribution >= 0.6 is 0 Å². The van der Waals surface area contributed by atoms with Crippen LogP contribution in [0.4, 0.5) is 11.5 Å². The third kappa shape index (κ3) is 2.51. The number of hydrogen-bond donors (Lipinski definition) is 1. The fraction of sp³-hybridized carbons (Fsp3) is 0.615. The van der Waals surface area contributed by atoms with Crippen molar-refractivity contribution in [2.45, 2.75) is 19.4 Å². The summed E-state index contributed by atoms with van der Waals surface area (Å²) in [5, 5.41) is 0. The number of methoxy groups -OCH3 is 1. The lowest BCUT2D eigenvalue weighted by Crippen LogP contribution is -2.51. The van der Waals surface area contributed by atoms with Gasteiger partial charge in [-0.2, -0.15) is 4.98 Å². The van der Waals surface area contributed by atoms with Gasteiger partial charge in [0.1, 0.15) is 0 Å². The summed E-state index contributed by atoms with van der Waals surface area (Å²) in [5.41, 5.74) is 6.74. The third-order valence-electron chi connectivity index (χ3n) is 3.64. The molecule has 1 fully saturated rings. The average molecular weight is 250 g/mol. The number of pyridine rings is 1. The van der Waals surface area contributed by atoms with Crippen molar-refractivity contribution < 1.29 is 4.74 Å². The van der Waals surface area contributed by atoms with Gasteiger partial charge in [-0.25, -0.2) is 0 Å². The quantitative estimate of drug-likeness (QED) is 0.873. The molecule has 5 nitrogen and oxygen atoms in total. The van der Waals surface area contributed by atoms with Gasteiger partial charge in [0.25, 0.3) is 0 Å². The van der Waals surface area contributed by atoms with Crippen molar-refractivity contribution in [3.8, 4) is 5.88 Å². The molecule has 0 bridgehead atoms. The molecule has 1 aliphatic heterocycles. The summed E-state index contributed by atoms with van der Waals surface area (Å²) in [6, 6.07) is 4.22. The van der Waals surface area contributed by atoms with Crippen molar-refractivity contribution in [2.24, 2.45) is 0 Å². The first-order valence-corrected chi connectivity index (χ1v) is 6.41. The van der Waals surface area contributed by atoms with Gasteiger partial charge < -0.3 is 15.4 Å². The van der Waals surface area contributed by atoms with Crippen LogP contribution in [0.1, 0.15) is 13.3 Å². The van der Waals surface area contributed by atoms with E-state index in [0.717, 1.165) is 37.6 Å². The van der Waals surface area contributed by atoms with Crippen LogP contribution in [-0.4, -0.2) is 49.7 Å². The number of anilines is 2. The van der Waals surface area contributed by atoms with Gasteiger partial charge in [0.15, 0.2) is 5.82 Å². The molecule has 100 valence electrons. The number of ether oxygens (including phenoxy) is 1. The molecule has 1 aromatic heterocycles. The van der Waals surface area contributed by atoms with Crippen LogP contribution in [-0.2, 0) is 0 Å². The minimum absolute atomic E-state index is 0.561. The first-order valence-electron chi connectivity index (χ1n) is 6.41. The molecule has 1 aromatic rings. The Labute approximate surface area is 109 Å². The zero-order valence-corrected chi connectivity index (χ0v) is 11.4. The molecular weight excluding hydrogens is 228 g/mol. The smallest absolute Gasteiger partial charge is 0.215 e. The Kier molecular flexibility index (Phi) is 3.91. The highest BCUT2D eigenvalue weighted by Crippen LogP contribution is 2.26. The van der Waals surface area contributed by atoms with E-state index in [1.807, 2.05) is 6.07 Å². The van der Waals surface area contributed by atoms with Gasteiger partial charge in [-0.1, -0.05) is 6.92 Å². The molecule has 2 heterocycles. The van der Waals surface area contributed by atoms with Gasteiger partial charge >= 0.3 is 0 Å². The van der Waals surface area contributed by atoms with Gasteiger partial charge in [-0.15, -0.1) is 0 Å². The van der Waals surface area contributed by atoms with E-state index in [0.29, 0.717) is 11.9 Å². The highest BCUT2D eigenvalue weighted by molar-refractivity contribution is 5.63. The van der Waals surface area contributed by atoms with E-state index in [2.05, 4.69) is 28.8 Å². The monoisotopic (exact) mass is 250 g/mol. The molecule has 2 N–H and O–H groups in total. The lowest BCUT2D eigenvalue weighted by Gasteiger charge is -2.40. The third-order valence-corrected chi connectivity index (χ3v) is 3.64. The van der Waals surface area contributed by atoms with Crippen LogP contribution in [0.25, 0.3) is 0 Å². The van der Waals surface area contributed by atoms with Crippen LogP contribution in [0.5, 0.6) is 5.88 Å². The summed E-state index contributed by atoms with van der Waals surface area (Å²) in [6.45, 7) is 5.18. The van der Waals surface area contributed by atoms with E-state index in [1.54, 1.807) is 13.2 Å². The van der Waals surface area contributed by atoms with Crippen LogP contribution in [0.3, 0.4) is 0 Å². The molecule has 0 spiro atoms. The average Bonchev–Trinajstić information content (AvgIpc) is 2.40. The van der Waals surface area contributed by atoms with Gasteiger partial charge in [0, 0.05) is 31.7 Å². The second-order valence-electron chi connectivity index (χ2n) is 4.76.